The van der Waals surface area contributed by atoms with Crippen molar-refractivity contribution in [3.8, 4) is 0 Å². The molecule has 32 heteroatoms. The fourth-order valence-corrected chi connectivity index (χ4v) is 11.5. The smallest absolute Gasteiger partial charge is 0.245 e. The maximum atomic E-state index is 14.7. The summed E-state index contributed by atoms with van der Waals surface area (Å²) in [6.07, 6.45) is 3.12. The van der Waals surface area contributed by atoms with Gasteiger partial charge in [0.15, 0.2) is 5.96 Å². The second kappa shape index (κ2) is 41.0. The molecule has 95 heavy (non-hydrogen) atoms. The first-order valence-electron chi connectivity index (χ1n) is 32.2. The lowest BCUT2D eigenvalue weighted by Gasteiger charge is -2.32. The van der Waals surface area contributed by atoms with Crippen LogP contribution in [0.15, 0.2) is 65.7 Å². The van der Waals surface area contributed by atoms with E-state index in [0.717, 1.165) is 0 Å². The molecular formula is C63H98N18O13S. The number of nitrogens with two attached hydrogens (primary N) is 7. The second-order valence-electron chi connectivity index (χ2n) is 24.1. The number of carbonyl (C=O) groups is 13. The van der Waals surface area contributed by atoms with Crippen molar-refractivity contribution < 1.29 is 62.3 Å². The van der Waals surface area contributed by atoms with Crippen molar-refractivity contribution in [2.75, 3.05) is 44.7 Å². The number of likely N-dealkylation sites (tertiary alicyclic amines) is 2. The molecule has 0 saturated carbocycles. The third-order valence-electron chi connectivity index (χ3n) is 16.0. The van der Waals surface area contributed by atoms with Gasteiger partial charge in [-0.2, -0.15) is 11.8 Å². The highest BCUT2D eigenvalue weighted by molar-refractivity contribution is 7.98. The summed E-state index contributed by atoms with van der Waals surface area (Å²) in [5, 5.41) is 21.1. The third-order valence-corrected chi connectivity index (χ3v) is 16.7. The van der Waals surface area contributed by atoms with E-state index in [2.05, 4.69) is 47.5 Å². The number of carbonyl (C=O) groups excluding carboxylic acids is 13. The van der Waals surface area contributed by atoms with Gasteiger partial charge in [-0.05, 0) is 119 Å². The number of hydrogen-bond acceptors (Lipinski definition) is 17. The van der Waals surface area contributed by atoms with Crippen LogP contribution in [-0.2, 0) is 75.2 Å². The highest BCUT2D eigenvalue weighted by atomic mass is 32.2. The first kappa shape index (κ1) is 78.5. The van der Waals surface area contributed by atoms with Crippen molar-refractivity contribution >= 4 is 94.5 Å². The number of thioether (sulfide) groups is 1. The van der Waals surface area contributed by atoms with E-state index in [-0.39, 0.29) is 83.0 Å². The molecule has 2 heterocycles. The predicted octanol–water partition coefficient (Wildman–Crippen LogP) is -3.71. The predicted molar refractivity (Wildman–Crippen MR) is 356 cm³/mol. The topological polar surface area (TPSA) is 519 Å². The van der Waals surface area contributed by atoms with Crippen LogP contribution in [0.1, 0.15) is 121 Å². The van der Waals surface area contributed by atoms with Gasteiger partial charge in [-0.1, -0.05) is 74.5 Å². The van der Waals surface area contributed by atoms with Crippen LogP contribution in [0.25, 0.3) is 0 Å². The number of nitrogens with one attached hydrogen (secondary N) is 8. The lowest BCUT2D eigenvalue weighted by molar-refractivity contribution is -0.144. The third kappa shape index (κ3) is 27.5. The van der Waals surface area contributed by atoms with Crippen molar-refractivity contribution in [3.05, 3.63) is 71.8 Å². The molecule has 10 atom stereocenters. The van der Waals surface area contributed by atoms with E-state index in [4.69, 9.17) is 40.1 Å². The summed E-state index contributed by atoms with van der Waals surface area (Å²) in [5.74, 6) is -9.80. The number of nitrogens with zero attached hydrogens (tertiary/aromatic N) is 3. The van der Waals surface area contributed by atoms with Crippen molar-refractivity contribution in [1.82, 2.24) is 52.3 Å². The van der Waals surface area contributed by atoms with Gasteiger partial charge in [0.2, 0.25) is 76.8 Å². The Morgan fingerprint density at radius 3 is 1.51 bits per heavy atom. The summed E-state index contributed by atoms with van der Waals surface area (Å²) in [5.41, 5.74) is 40.6. The molecule has 2 aromatic rings. The molecule has 2 aliphatic rings. The van der Waals surface area contributed by atoms with Crippen LogP contribution in [0.3, 0.4) is 0 Å². The number of hydrogen-bond donors (Lipinski definition) is 15. The molecule has 0 aromatic heterocycles. The SMILES string of the molecule is CSCC[C@H](NC(=O)[C@H](CC(C)C)NC(=O)CNC(=O)[C@@H](Cc1ccccc1)NC(=O)[C@@H](Cc1ccccc1)NC(=O)[C@@H](CCC(N)=O)NC(=O)[C@@H](CCC(N)=O)NC(=O)[C@H]1CCCN1C(=O)[C@@H](CCCCN)NC(=O)[C@H]1CCCN1C(=O)[C@@H](N)CCCN=C(N)N)C(N)=O. The molecule has 2 saturated heterocycles. The Morgan fingerprint density at radius 2 is 1.01 bits per heavy atom. The zero-order chi connectivity index (χ0) is 70.1. The molecule has 4 rings (SSSR count). The van der Waals surface area contributed by atoms with E-state index >= 15 is 0 Å². The zero-order valence-electron chi connectivity index (χ0n) is 54.5. The highest BCUT2D eigenvalue weighted by Crippen LogP contribution is 2.24. The van der Waals surface area contributed by atoms with Gasteiger partial charge >= 0.3 is 0 Å². The molecule has 0 unspecified atom stereocenters. The molecule has 22 N–H and O–H groups in total. The Morgan fingerprint density at radius 1 is 0.537 bits per heavy atom. The number of rotatable bonds is 42. The minimum absolute atomic E-state index is 0.0736. The molecule has 13 amide bonds. The summed E-state index contributed by atoms with van der Waals surface area (Å²) in [6.45, 7) is 3.86. The maximum absolute atomic E-state index is 14.7. The lowest BCUT2D eigenvalue weighted by Crippen LogP contribution is -2.60. The number of aliphatic imine (C=N–C) groups is 1. The van der Waals surface area contributed by atoms with Crippen LogP contribution in [0.4, 0.5) is 0 Å². The van der Waals surface area contributed by atoms with Gasteiger partial charge in [0, 0.05) is 45.3 Å². The van der Waals surface area contributed by atoms with Crippen molar-refractivity contribution in [2.45, 2.75) is 183 Å². The first-order valence-corrected chi connectivity index (χ1v) is 33.6. The summed E-state index contributed by atoms with van der Waals surface area (Å²) in [6, 6.07) is 4.51. The number of amides is 13. The van der Waals surface area contributed by atoms with Crippen LogP contribution in [0.5, 0.6) is 0 Å². The fourth-order valence-electron chi connectivity index (χ4n) is 11.0. The Balaban J connectivity index is 1.56. The molecule has 0 radical (unpaired) electrons. The van der Waals surface area contributed by atoms with Gasteiger partial charge in [-0.3, -0.25) is 67.3 Å². The molecule has 0 aliphatic carbocycles. The Hall–Kier alpha value is -8.91. The van der Waals surface area contributed by atoms with Crippen molar-refractivity contribution in [2.24, 2.45) is 51.0 Å². The number of primary amides is 3. The summed E-state index contributed by atoms with van der Waals surface area (Å²) in [7, 11) is 0. The van der Waals surface area contributed by atoms with E-state index in [1.165, 1.54) is 21.6 Å². The number of guanidine groups is 1. The van der Waals surface area contributed by atoms with E-state index in [0.29, 0.717) is 55.4 Å². The fraction of sp³-hybridized carbons (Fsp3) is 0.587. The van der Waals surface area contributed by atoms with Gasteiger partial charge in [-0.15, -0.1) is 0 Å². The van der Waals surface area contributed by atoms with Gasteiger partial charge < -0.3 is 92.5 Å². The van der Waals surface area contributed by atoms with Crippen LogP contribution >= 0.6 is 11.8 Å². The molecule has 2 aromatic carbocycles. The average molecular weight is 1350 g/mol. The second-order valence-corrected chi connectivity index (χ2v) is 25.1. The molecule has 0 bridgehead atoms. The number of benzene rings is 2. The molecular weight excluding hydrogens is 1250 g/mol. The van der Waals surface area contributed by atoms with Crippen molar-refractivity contribution in [3.63, 3.8) is 0 Å². The maximum Gasteiger partial charge on any atom is 0.245 e. The Kier molecular flexibility index (Phi) is 33.9. The molecule has 524 valence electrons. The standard InChI is InChI=1S/C63H98N18O13S/c1-37(2)33-45(57(89)74-41(53(68)85)27-32-95-3)73-52(84)36-72-54(86)46(34-38-15-6-4-7-16-38)78-58(90)47(35-39-17-8-5-9-18-39)79-56(88)42(23-25-50(66)82)75-55(87)43(24-26-51(67)83)76-59(91)49-22-14-31-81(49)62(94)44(20-10-11-28-64)77-60(92)48-21-13-30-80(48)61(93)40(65)19-12-29-71-63(69)70/h4-9,15-18,37,40-49H,10-14,19-36,64-65H2,1-3H3,(H2,66,82)(H2,67,83)(H2,68,85)(H,72,86)(H,73,84)(H,74,89)(H,75,87)(H,76,91)(H,77,92)(H,78,90)(H,79,88)(H4,69,70,71)/t40-,41-,42+,43+,44+,45-,46+,47+,48+,49+/m0/s1. The molecule has 0 spiro atoms. The van der Waals surface area contributed by atoms with Gasteiger partial charge in [0.05, 0.1) is 12.6 Å². The monoisotopic (exact) mass is 1350 g/mol. The van der Waals surface area contributed by atoms with E-state index in [1.807, 2.05) is 20.1 Å². The largest absolute Gasteiger partial charge is 0.370 e. The summed E-state index contributed by atoms with van der Waals surface area (Å²) < 4.78 is 0. The van der Waals surface area contributed by atoms with E-state index < -0.39 is 169 Å². The highest BCUT2D eigenvalue weighted by Gasteiger charge is 2.42. The van der Waals surface area contributed by atoms with E-state index in [9.17, 15) is 62.3 Å². The Bertz CT molecular complexity index is 2960. The van der Waals surface area contributed by atoms with Crippen LogP contribution < -0.4 is 82.7 Å². The van der Waals surface area contributed by atoms with Crippen LogP contribution in [0.2, 0.25) is 0 Å². The Labute approximate surface area is 558 Å². The van der Waals surface area contributed by atoms with Crippen molar-refractivity contribution in [1.29, 1.82) is 0 Å². The summed E-state index contributed by atoms with van der Waals surface area (Å²) in [4.78, 5) is 185. The molecule has 2 aliphatic heterocycles. The minimum atomic E-state index is -1.64. The first-order chi connectivity index (χ1) is 45.2. The average Bonchev–Trinajstić information content (AvgIpc) is 1.74. The number of unbranched alkanes of at least 4 members (excludes halogenated alkanes) is 1. The van der Waals surface area contributed by atoms with Gasteiger partial charge in [-0.25, -0.2) is 0 Å². The minimum Gasteiger partial charge on any atom is -0.370 e. The van der Waals surface area contributed by atoms with Gasteiger partial charge in [0.25, 0.3) is 0 Å². The normalized spacial score (nSPS) is 16.8. The summed E-state index contributed by atoms with van der Waals surface area (Å²) >= 11 is 1.45. The van der Waals surface area contributed by atoms with E-state index in [1.54, 1.807) is 60.7 Å². The molecule has 2 fully saturated rings. The van der Waals surface area contributed by atoms with Gasteiger partial charge in [0.1, 0.15) is 54.4 Å². The molecule has 31 nitrogen and oxygen atoms in total. The van der Waals surface area contributed by atoms with Crippen LogP contribution in [0, 0.1) is 5.92 Å². The quantitative estimate of drug-likeness (QED) is 0.0173. The zero-order valence-corrected chi connectivity index (χ0v) is 55.3. The lowest BCUT2D eigenvalue weighted by atomic mass is 10.0. The van der Waals surface area contributed by atoms with Crippen LogP contribution in [-0.4, -0.2) is 198 Å².